The second-order valence-corrected chi connectivity index (χ2v) is 7.06. The fourth-order valence-electron chi connectivity index (χ4n) is 2.38. The molecule has 98 valence electrons. The van der Waals surface area contributed by atoms with Gasteiger partial charge in [0.25, 0.3) is 5.91 Å². The predicted octanol–water partition coefficient (Wildman–Crippen LogP) is 4.13. The van der Waals surface area contributed by atoms with Crippen LogP contribution in [0.3, 0.4) is 0 Å². The molecule has 1 amide bonds. The molecule has 1 fully saturated rings. The molecule has 0 bridgehead atoms. The normalized spacial score (nSPS) is 23.7. The quantitative estimate of drug-likeness (QED) is 0.791. The van der Waals surface area contributed by atoms with Crippen LogP contribution in [0.5, 0.6) is 0 Å². The Morgan fingerprint density at radius 2 is 2.22 bits per heavy atom. The molecule has 0 spiro atoms. The van der Waals surface area contributed by atoms with Crippen molar-refractivity contribution in [2.24, 2.45) is 5.92 Å². The molecular formula is C14H17Br2NO. The van der Waals surface area contributed by atoms with Crippen LogP contribution < -0.4 is 5.32 Å². The van der Waals surface area contributed by atoms with E-state index >= 15 is 0 Å². The summed E-state index contributed by atoms with van der Waals surface area (Å²) in [6.07, 6.45) is 4.91. The van der Waals surface area contributed by atoms with E-state index in [0.29, 0.717) is 10.7 Å². The van der Waals surface area contributed by atoms with Gasteiger partial charge in [0.05, 0.1) is 0 Å². The number of hydrogen-bond donors (Lipinski definition) is 1. The molecule has 1 aliphatic rings. The Morgan fingerprint density at radius 1 is 1.39 bits per heavy atom. The van der Waals surface area contributed by atoms with Gasteiger partial charge < -0.3 is 5.32 Å². The van der Waals surface area contributed by atoms with Crippen LogP contribution in [0.4, 0.5) is 0 Å². The van der Waals surface area contributed by atoms with Gasteiger partial charge >= 0.3 is 0 Å². The Bertz CT molecular complexity index is 422. The minimum atomic E-state index is 0.0213. The van der Waals surface area contributed by atoms with Crippen molar-refractivity contribution in [3.8, 4) is 0 Å². The number of amides is 1. The van der Waals surface area contributed by atoms with Gasteiger partial charge in [-0.05, 0) is 43.4 Å². The van der Waals surface area contributed by atoms with E-state index in [1.165, 1.54) is 25.7 Å². The van der Waals surface area contributed by atoms with Crippen LogP contribution in [-0.4, -0.2) is 17.3 Å². The van der Waals surface area contributed by atoms with E-state index in [-0.39, 0.29) is 5.91 Å². The highest BCUT2D eigenvalue weighted by atomic mass is 79.9. The highest BCUT2D eigenvalue weighted by Crippen LogP contribution is 2.28. The van der Waals surface area contributed by atoms with Crippen molar-refractivity contribution in [3.63, 3.8) is 0 Å². The number of carbonyl (C=O) groups is 1. The van der Waals surface area contributed by atoms with Crippen molar-refractivity contribution in [2.75, 3.05) is 6.54 Å². The molecule has 4 heteroatoms. The Morgan fingerprint density at radius 3 is 2.94 bits per heavy atom. The summed E-state index contributed by atoms with van der Waals surface area (Å²) in [5.74, 6) is 0.632. The summed E-state index contributed by atoms with van der Waals surface area (Å²) in [6, 6.07) is 7.50. The largest absolute Gasteiger partial charge is 0.352 e. The second-order valence-electron chi connectivity index (χ2n) is 4.85. The molecule has 2 nitrogen and oxygen atoms in total. The van der Waals surface area contributed by atoms with Gasteiger partial charge in [-0.25, -0.2) is 0 Å². The molecule has 0 radical (unpaired) electrons. The summed E-state index contributed by atoms with van der Waals surface area (Å²) in [4.78, 5) is 12.6. The number of nitrogens with one attached hydrogen (secondary N) is 1. The van der Waals surface area contributed by atoms with Crippen LogP contribution in [0.25, 0.3) is 0 Å². The SMILES string of the molecule is O=C(NCC1CCCC(Br)C1)c1cccc(Br)c1. The van der Waals surface area contributed by atoms with Gasteiger partial charge in [-0.15, -0.1) is 0 Å². The third-order valence-corrected chi connectivity index (χ3v) is 4.68. The Hall–Kier alpha value is -0.350. The molecule has 0 heterocycles. The number of alkyl halides is 1. The smallest absolute Gasteiger partial charge is 0.251 e. The molecule has 1 N–H and O–H groups in total. The molecule has 0 saturated heterocycles. The minimum absolute atomic E-state index is 0.0213. The maximum Gasteiger partial charge on any atom is 0.251 e. The maximum atomic E-state index is 12.0. The summed E-state index contributed by atoms with van der Waals surface area (Å²) in [5, 5.41) is 3.04. The van der Waals surface area contributed by atoms with E-state index in [1.54, 1.807) is 0 Å². The standard InChI is InChI=1S/C14H17Br2NO/c15-12-5-1-3-10(7-12)9-17-14(18)11-4-2-6-13(16)8-11/h2,4,6,8,10,12H,1,3,5,7,9H2,(H,17,18). The zero-order valence-corrected chi connectivity index (χ0v) is 13.3. The van der Waals surface area contributed by atoms with Gasteiger partial charge in [0.1, 0.15) is 0 Å². The number of hydrogen-bond acceptors (Lipinski definition) is 1. The van der Waals surface area contributed by atoms with Crippen molar-refractivity contribution >= 4 is 37.8 Å². The average molecular weight is 375 g/mol. The van der Waals surface area contributed by atoms with Gasteiger partial charge in [0, 0.05) is 21.4 Å². The van der Waals surface area contributed by atoms with E-state index in [4.69, 9.17) is 0 Å². The average Bonchev–Trinajstić information content (AvgIpc) is 2.36. The molecule has 2 unspecified atom stereocenters. The molecule has 1 saturated carbocycles. The first kappa shape index (κ1) is 14.1. The summed E-state index contributed by atoms with van der Waals surface area (Å²) in [7, 11) is 0. The molecule has 18 heavy (non-hydrogen) atoms. The molecule has 0 aliphatic heterocycles. The zero-order chi connectivity index (χ0) is 13.0. The minimum Gasteiger partial charge on any atom is -0.352 e. The van der Waals surface area contributed by atoms with Crippen LogP contribution >= 0.6 is 31.9 Å². The van der Waals surface area contributed by atoms with E-state index < -0.39 is 0 Å². The lowest BCUT2D eigenvalue weighted by Crippen LogP contribution is -2.31. The van der Waals surface area contributed by atoms with E-state index in [0.717, 1.165) is 16.6 Å². The summed E-state index contributed by atoms with van der Waals surface area (Å²) in [6.45, 7) is 0.785. The first-order chi connectivity index (χ1) is 8.65. The molecule has 1 aliphatic carbocycles. The lowest BCUT2D eigenvalue weighted by Gasteiger charge is -2.25. The highest BCUT2D eigenvalue weighted by molar-refractivity contribution is 9.10. The van der Waals surface area contributed by atoms with Gasteiger partial charge in [0.15, 0.2) is 0 Å². The van der Waals surface area contributed by atoms with Gasteiger partial charge in [-0.3, -0.25) is 4.79 Å². The van der Waals surface area contributed by atoms with Crippen LogP contribution in [0.2, 0.25) is 0 Å². The molecule has 2 rings (SSSR count). The predicted molar refractivity (Wildman–Crippen MR) is 81.1 cm³/mol. The molecule has 0 aromatic heterocycles. The number of benzene rings is 1. The van der Waals surface area contributed by atoms with Crippen molar-refractivity contribution in [1.29, 1.82) is 0 Å². The topological polar surface area (TPSA) is 29.1 Å². The first-order valence-electron chi connectivity index (χ1n) is 6.33. The van der Waals surface area contributed by atoms with E-state index in [1.807, 2.05) is 24.3 Å². The third kappa shape index (κ3) is 4.09. The third-order valence-electron chi connectivity index (χ3n) is 3.36. The Balaban J connectivity index is 1.84. The Kier molecular flexibility index (Phi) is 5.25. The molecular weight excluding hydrogens is 358 g/mol. The lowest BCUT2D eigenvalue weighted by atomic mass is 9.89. The zero-order valence-electron chi connectivity index (χ0n) is 10.2. The van der Waals surface area contributed by atoms with E-state index in [2.05, 4.69) is 37.2 Å². The fraction of sp³-hybridized carbons (Fsp3) is 0.500. The van der Waals surface area contributed by atoms with Crippen LogP contribution in [0.1, 0.15) is 36.0 Å². The number of carbonyl (C=O) groups excluding carboxylic acids is 1. The second kappa shape index (κ2) is 6.71. The van der Waals surface area contributed by atoms with Gasteiger partial charge in [-0.2, -0.15) is 0 Å². The Labute approximate surface area is 125 Å². The van der Waals surface area contributed by atoms with Crippen LogP contribution in [-0.2, 0) is 0 Å². The molecule has 1 aromatic rings. The van der Waals surface area contributed by atoms with Crippen molar-refractivity contribution < 1.29 is 4.79 Å². The first-order valence-corrected chi connectivity index (χ1v) is 8.04. The molecule has 2 atom stereocenters. The fourth-order valence-corrected chi connectivity index (χ4v) is 3.63. The monoisotopic (exact) mass is 373 g/mol. The van der Waals surface area contributed by atoms with Crippen LogP contribution in [0.15, 0.2) is 28.7 Å². The maximum absolute atomic E-state index is 12.0. The summed E-state index contributed by atoms with van der Waals surface area (Å²) < 4.78 is 0.938. The van der Waals surface area contributed by atoms with E-state index in [9.17, 15) is 4.79 Å². The molecule has 1 aromatic carbocycles. The van der Waals surface area contributed by atoms with Crippen molar-refractivity contribution in [2.45, 2.75) is 30.5 Å². The number of rotatable bonds is 3. The lowest BCUT2D eigenvalue weighted by molar-refractivity contribution is 0.0944. The highest BCUT2D eigenvalue weighted by Gasteiger charge is 2.20. The summed E-state index contributed by atoms with van der Waals surface area (Å²) in [5.41, 5.74) is 0.718. The van der Waals surface area contributed by atoms with Gasteiger partial charge in [0.2, 0.25) is 0 Å². The van der Waals surface area contributed by atoms with Gasteiger partial charge in [-0.1, -0.05) is 44.3 Å². The van der Waals surface area contributed by atoms with Crippen molar-refractivity contribution in [3.05, 3.63) is 34.3 Å². The number of halogens is 2. The van der Waals surface area contributed by atoms with Crippen LogP contribution in [0, 0.1) is 5.92 Å². The van der Waals surface area contributed by atoms with Crippen molar-refractivity contribution in [1.82, 2.24) is 5.32 Å². The summed E-state index contributed by atoms with van der Waals surface area (Å²) >= 11 is 7.05.